The van der Waals surface area contributed by atoms with Crippen LogP contribution in [0.15, 0.2) is 36.5 Å². The largest absolute Gasteiger partial charge is 0.122 e. The molecular weight excluding hydrogens is 156 g/mol. The van der Waals surface area contributed by atoms with Crippen LogP contribution in [0.4, 0.5) is 0 Å². The Morgan fingerprint density at radius 2 is 2.18 bits per heavy atom. The minimum Gasteiger partial charge on any atom is -0.122 e. The van der Waals surface area contributed by atoms with Crippen molar-refractivity contribution in [1.82, 2.24) is 0 Å². The summed E-state index contributed by atoms with van der Waals surface area (Å²) in [4.78, 5) is 0. The van der Waals surface area contributed by atoms with Gasteiger partial charge < -0.3 is 0 Å². The second-order valence-corrected chi connectivity index (χ2v) is 2.85. The number of halogens is 1. The zero-order chi connectivity index (χ0) is 8.69. The number of hydrogen-bond acceptors (Lipinski definition) is 0. The normalized spacial score (nSPS) is 11.3. The molecule has 11 heavy (non-hydrogen) atoms. The molecule has 0 nitrogen and oxygen atoms in total. The van der Waals surface area contributed by atoms with Gasteiger partial charge in [-0.05, 0) is 19.8 Å². The lowest BCUT2D eigenvalue weighted by atomic mass is 10.1. The average molecular weight is 171 g/mol. The van der Waals surface area contributed by atoms with Crippen molar-refractivity contribution in [1.29, 1.82) is 0 Å². The summed E-state index contributed by atoms with van der Waals surface area (Å²) in [6.45, 7) is 9.48. The van der Waals surface area contributed by atoms with Crippen LogP contribution in [0, 0.1) is 0 Å². The van der Waals surface area contributed by atoms with E-state index in [1.807, 2.05) is 6.92 Å². The SMILES string of the molecule is C=CC(=C)CCC=C(C)CCl. The van der Waals surface area contributed by atoms with Crippen molar-refractivity contribution in [3.63, 3.8) is 0 Å². The van der Waals surface area contributed by atoms with Crippen LogP contribution >= 0.6 is 11.6 Å². The first-order valence-electron chi connectivity index (χ1n) is 3.72. The summed E-state index contributed by atoms with van der Waals surface area (Å²) in [5.41, 5.74) is 2.31. The van der Waals surface area contributed by atoms with Gasteiger partial charge in [0.15, 0.2) is 0 Å². The van der Waals surface area contributed by atoms with E-state index < -0.39 is 0 Å². The highest BCUT2D eigenvalue weighted by molar-refractivity contribution is 6.19. The Labute approximate surface area is 74.3 Å². The van der Waals surface area contributed by atoms with Gasteiger partial charge in [-0.1, -0.05) is 36.5 Å². The lowest BCUT2D eigenvalue weighted by Crippen LogP contribution is -1.78. The Morgan fingerprint density at radius 3 is 2.64 bits per heavy atom. The van der Waals surface area contributed by atoms with E-state index in [4.69, 9.17) is 11.6 Å². The van der Waals surface area contributed by atoms with Gasteiger partial charge in [-0.3, -0.25) is 0 Å². The van der Waals surface area contributed by atoms with Gasteiger partial charge >= 0.3 is 0 Å². The molecule has 0 amide bonds. The molecule has 1 heteroatoms. The number of alkyl halides is 1. The van der Waals surface area contributed by atoms with Crippen molar-refractivity contribution in [3.05, 3.63) is 36.5 Å². The first kappa shape index (κ1) is 10.5. The average Bonchev–Trinajstić information content (AvgIpc) is 2.04. The molecule has 0 aromatic rings. The predicted molar refractivity (Wildman–Crippen MR) is 53.0 cm³/mol. The van der Waals surface area contributed by atoms with Crippen LogP contribution in [0.5, 0.6) is 0 Å². The van der Waals surface area contributed by atoms with Crippen molar-refractivity contribution >= 4 is 11.6 Å². The van der Waals surface area contributed by atoms with Crippen molar-refractivity contribution in [2.75, 3.05) is 5.88 Å². The van der Waals surface area contributed by atoms with Crippen LogP contribution in [0.25, 0.3) is 0 Å². The zero-order valence-electron chi connectivity index (χ0n) is 7.07. The molecule has 62 valence electrons. The summed E-state index contributed by atoms with van der Waals surface area (Å²) in [5.74, 6) is 0.626. The van der Waals surface area contributed by atoms with Crippen molar-refractivity contribution in [2.45, 2.75) is 19.8 Å². The number of hydrogen-bond donors (Lipinski definition) is 0. The maximum absolute atomic E-state index is 5.59. The molecule has 0 saturated carbocycles. The molecule has 0 radical (unpaired) electrons. The second-order valence-electron chi connectivity index (χ2n) is 2.59. The molecule has 0 N–H and O–H groups in total. The molecule has 0 atom stereocenters. The van der Waals surface area contributed by atoms with Crippen molar-refractivity contribution < 1.29 is 0 Å². The van der Waals surface area contributed by atoms with Crippen LogP contribution in [0.3, 0.4) is 0 Å². The van der Waals surface area contributed by atoms with E-state index in [0.717, 1.165) is 18.4 Å². The molecule has 0 unspecified atom stereocenters. The maximum Gasteiger partial charge on any atom is 0.0430 e. The molecule has 0 fully saturated rings. The third kappa shape index (κ3) is 5.93. The first-order valence-corrected chi connectivity index (χ1v) is 4.26. The van der Waals surface area contributed by atoms with Gasteiger partial charge in [0, 0.05) is 5.88 Å². The van der Waals surface area contributed by atoms with Gasteiger partial charge in [0.2, 0.25) is 0 Å². The standard InChI is InChI=1S/C10H15Cl/c1-4-9(2)6-5-7-10(3)8-11/h4,7H,1-2,5-6,8H2,3H3. The Hall–Kier alpha value is -0.490. The fourth-order valence-electron chi connectivity index (χ4n) is 0.661. The topological polar surface area (TPSA) is 0 Å². The Morgan fingerprint density at radius 1 is 1.55 bits per heavy atom. The summed E-state index contributed by atoms with van der Waals surface area (Å²) < 4.78 is 0. The van der Waals surface area contributed by atoms with Crippen LogP contribution < -0.4 is 0 Å². The van der Waals surface area contributed by atoms with Gasteiger partial charge in [0.05, 0.1) is 0 Å². The zero-order valence-corrected chi connectivity index (χ0v) is 7.82. The molecule has 0 aliphatic rings. The summed E-state index contributed by atoms with van der Waals surface area (Å²) in [6, 6.07) is 0. The highest BCUT2D eigenvalue weighted by atomic mass is 35.5. The van der Waals surface area contributed by atoms with E-state index in [0.29, 0.717) is 5.88 Å². The second kappa shape index (κ2) is 6.23. The summed E-state index contributed by atoms with van der Waals surface area (Å²) >= 11 is 5.59. The summed E-state index contributed by atoms with van der Waals surface area (Å²) in [6.07, 6.45) is 5.94. The molecule has 0 heterocycles. The summed E-state index contributed by atoms with van der Waals surface area (Å²) in [7, 11) is 0. The molecule has 0 aliphatic heterocycles. The van der Waals surface area contributed by atoms with E-state index in [1.165, 1.54) is 5.57 Å². The van der Waals surface area contributed by atoms with Crippen LogP contribution in [-0.2, 0) is 0 Å². The lowest BCUT2D eigenvalue weighted by molar-refractivity contribution is 1.000. The van der Waals surface area contributed by atoms with Gasteiger partial charge in [0.1, 0.15) is 0 Å². The Balaban J connectivity index is 3.55. The molecule has 0 aromatic carbocycles. The minimum atomic E-state index is 0.626. The highest BCUT2D eigenvalue weighted by Gasteiger charge is 1.87. The fourth-order valence-corrected chi connectivity index (χ4v) is 0.770. The third-order valence-electron chi connectivity index (χ3n) is 1.46. The van der Waals surface area contributed by atoms with Gasteiger partial charge in [0.25, 0.3) is 0 Å². The predicted octanol–water partition coefficient (Wildman–Crippen LogP) is 3.69. The molecule has 0 spiro atoms. The monoisotopic (exact) mass is 170 g/mol. The Bertz CT molecular complexity index is 166. The lowest BCUT2D eigenvalue weighted by Gasteiger charge is -1.96. The summed E-state index contributed by atoms with van der Waals surface area (Å²) in [5, 5.41) is 0. The van der Waals surface area contributed by atoms with E-state index in [9.17, 15) is 0 Å². The van der Waals surface area contributed by atoms with E-state index in [1.54, 1.807) is 6.08 Å². The van der Waals surface area contributed by atoms with Gasteiger partial charge in [-0.25, -0.2) is 0 Å². The molecule has 0 rings (SSSR count). The van der Waals surface area contributed by atoms with Crippen LogP contribution in [0.1, 0.15) is 19.8 Å². The highest BCUT2D eigenvalue weighted by Crippen LogP contribution is 2.06. The Kier molecular flexibility index (Phi) is 5.96. The first-order chi connectivity index (χ1) is 5.20. The van der Waals surface area contributed by atoms with E-state index in [2.05, 4.69) is 19.2 Å². The molecule has 0 saturated heterocycles. The number of rotatable bonds is 5. The van der Waals surface area contributed by atoms with Gasteiger partial charge in [-0.2, -0.15) is 0 Å². The van der Waals surface area contributed by atoms with E-state index in [-0.39, 0.29) is 0 Å². The third-order valence-corrected chi connectivity index (χ3v) is 1.88. The van der Waals surface area contributed by atoms with Gasteiger partial charge in [-0.15, -0.1) is 11.6 Å². The quantitative estimate of drug-likeness (QED) is 0.335. The van der Waals surface area contributed by atoms with Crippen LogP contribution in [-0.4, -0.2) is 5.88 Å². The number of allylic oxidation sites excluding steroid dienone is 4. The maximum atomic E-state index is 5.59. The molecule has 0 bridgehead atoms. The fraction of sp³-hybridized carbons (Fsp3) is 0.400. The molecule has 0 aliphatic carbocycles. The van der Waals surface area contributed by atoms with Crippen LogP contribution in [0.2, 0.25) is 0 Å². The molecule has 0 aromatic heterocycles. The molecular formula is C10H15Cl. The smallest absolute Gasteiger partial charge is 0.0430 e. The van der Waals surface area contributed by atoms with E-state index >= 15 is 0 Å². The minimum absolute atomic E-state index is 0.626. The van der Waals surface area contributed by atoms with Crippen molar-refractivity contribution in [3.8, 4) is 0 Å². The van der Waals surface area contributed by atoms with Crippen molar-refractivity contribution in [2.24, 2.45) is 0 Å².